The number of nitrogens with zero attached hydrogens (tertiary/aromatic N) is 2. The number of carboxylic acids is 1. The van der Waals surface area contributed by atoms with Gasteiger partial charge in [-0.3, -0.25) is 9.78 Å². The molecule has 0 unspecified atom stereocenters. The van der Waals surface area contributed by atoms with Crippen molar-refractivity contribution in [2.24, 2.45) is 0 Å². The zero-order valence-electron chi connectivity index (χ0n) is 15.3. The summed E-state index contributed by atoms with van der Waals surface area (Å²) in [5.74, 6) is -1.60. The maximum absolute atomic E-state index is 12.3. The first kappa shape index (κ1) is 18.4. The summed E-state index contributed by atoms with van der Waals surface area (Å²) in [6.07, 6.45) is 1.54. The van der Waals surface area contributed by atoms with E-state index in [1.165, 1.54) is 10.6 Å². The van der Waals surface area contributed by atoms with Crippen molar-refractivity contribution in [3.63, 3.8) is 0 Å². The van der Waals surface area contributed by atoms with Gasteiger partial charge in [-0.15, -0.1) is 0 Å². The summed E-state index contributed by atoms with van der Waals surface area (Å²) in [6.45, 7) is 5.02. The summed E-state index contributed by atoms with van der Waals surface area (Å²) in [5, 5.41) is 19.9. The van der Waals surface area contributed by atoms with Gasteiger partial charge in [0.05, 0.1) is 11.2 Å². The molecule has 3 rings (SSSR count). The maximum atomic E-state index is 12.3. The van der Waals surface area contributed by atoms with Crippen LogP contribution in [0.15, 0.2) is 42.6 Å². The summed E-state index contributed by atoms with van der Waals surface area (Å²) in [6, 6.07) is 9.67. The van der Waals surface area contributed by atoms with Crippen molar-refractivity contribution in [2.45, 2.75) is 32.9 Å². The van der Waals surface area contributed by atoms with Gasteiger partial charge in [0.1, 0.15) is 23.6 Å². The van der Waals surface area contributed by atoms with Crippen LogP contribution in [-0.2, 0) is 16.1 Å². The lowest BCUT2D eigenvalue weighted by Crippen LogP contribution is -2.27. The smallest absolute Gasteiger partial charge is 0.352 e. The number of pyridine rings is 1. The number of aromatic carboxylic acids is 1. The number of carboxylic acid groups (broad SMARTS) is 1. The van der Waals surface area contributed by atoms with E-state index >= 15 is 0 Å². The van der Waals surface area contributed by atoms with E-state index in [0.29, 0.717) is 22.2 Å². The minimum absolute atomic E-state index is 0.0368. The number of phenols is 1. The first-order chi connectivity index (χ1) is 12.7. The predicted molar refractivity (Wildman–Crippen MR) is 99.6 cm³/mol. The van der Waals surface area contributed by atoms with Gasteiger partial charge in [0.25, 0.3) is 0 Å². The number of aromatic hydroxyl groups is 1. The number of esters is 1. The Morgan fingerprint density at radius 1 is 1.19 bits per heavy atom. The van der Waals surface area contributed by atoms with Crippen LogP contribution < -0.4 is 0 Å². The van der Waals surface area contributed by atoms with Crippen molar-refractivity contribution in [3.05, 3.63) is 48.3 Å². The minimum Gasteiger partial charge on any atom is -0.508 e. The van der Waals surface area contributed by atoms with Crippen molar-refractivity contribution in [1.29, 1.82) is 0 Å². The third-order valence-electron chi connectivity index (χ3n) is 3.88. The van der Waals surface area contributed by atoms with E-state index in [-0.39, 0.29) is 18.0 Å². The van der Waals surface area contributed by atoms with Crippen LogP contribution in [-0.4, -0.2) is 37.3 Å². The zero-order chi connectivity index (χ0) is 19.8. The number of carbonyl (C=O) groups excluding carboxylic acids is 1. The van der Waals surface area contributed by atoms with Crippen molar-refractivity contribution < 1.29 is 24.5 Å². The van der Waals surface area contributed by atoms with Gasteiger partial charge in [-0.1, -0.05) is 12.1 Å². The van der Waals surface area contributed by atoms with Crippen molar-refractivity contribution >= 4 is 22.8 Å². The molecule has 1 aromatic carbocycles. The van der Waals surface area contributed by atoms with Crippen LogP contribution in [0.25, 0.3) is 22.2 Å². The van der Waals surface area contributed by atoms with Gasteiger partial charge in [0.15, 0.2) is 0 Å². The number of hydrogen-bond acceptors (Lipinski definition) is 5. The fraction of sp³-hybridized carbons (Fsp3) is 0.250. The lowest BCUT2D eigenvalue weighted by molar-refractivity contribution is -0.155. The zero-order valence-corrected chi connectivity index (χ0v) is 15.3. The molecule has 0 radical (unpaired) electrons. The Morgan fingerprint density at radius 2 is 1.93 bits per heavy atom. The number of ether oxygens (including phenoxy) is 1. The molecule has 2 heterocycles. The molecule has 0 saturated heterocycles. The molecular formula is C20H20N2O5. The van der Waals surface area contributed by atoms with E-state index in [2.05, 4.69) is 4.98 Å². The van der Waals surface area contributed by atoms with Crippen LogP contribution in [0.3, 0.4) is 0 Å². The molecule has 27 heavy (non-hydrogen) atoms. The molecule has 2 aromatic heterocycles. The Kier molecular flexibility index (Phi) is 4.61. The summed E-state index contributed by atoms with van der Waals surface area (Å²) >= 11 is 0. The highest BCUT2D eigenvalue weighted by molar-refractivity contribution is 6.00. The lowest BCUT2D eigenvalue weighted by Gasteiger charge is -2.20. The summed E-state index contributed by atoms with van der Waals surface area (Å²) in [7, 11) is 0. The normalized spacial score (nSPS) is 11.5. The molecule has 0 bridgehead atoms. The Labute approximate surface area is 155 Å². The van der Waals surface area contributed by atoms with Gasteiger partial charge in [0, 0.05) is 17.1 Å². The van der Waals surface area contributed by atoms with E-state index in [1.54, 1.807) is 57.3 Å². The molecule has 7 nitrogen and oxygen atoms in total. The second-order valence-corrected chi connectivity index (χ2v) is 7.15. The average Bonchev–Trinajstić information content (AvgIpc) is 2.92. The fourth-order valence-electron chi connectivity index (χ4n) is 2.92. The molecule has 3 aromatic rings. The van der Waals surface area contributed by atoms with Crippen molar-refractivity contribution in [1.82, 2.24) is 9.55 Å². The van der Waals surface area contributed by atoms with Crippen molar-refractivity contribution in [3.8, 4) is 17.0 Å². The molecule has 0 aliphatic carbocycles. The van der Waals surface area contributed by atoms with Crippen LogP contribution in [0.2, 0.25) is 0 Å². The highest BCUT2D eigenvalue weighted by Crippen LogP contribution is 2.31. The molecular weight excluding hydrogens is 348 g/mol. The molecule has 0 aliphatic heterocycles. The maximum Gasteiger partial charge on any atom is 0.352 e. The minimum atomic E-state index is -1.16. The number of hydrogen-bond donors (Lipinski definition) is 2. The quantitative estimate of drug-likeness (QED) is 0.684. The number of rotatable bonds is 4. The summed E-state index contributed by atoms with van der Waals surface area (Å²) in [5.41, 5.74) is 1.01. The Morgan fingerprint density at radius 3 is 2.56 bits per heavy atom. The molecule has 140 valence electrons. The average molecular weight is 368 g/mol. The largest absolute Gasteiger partial charge is 0.508 e. The highest BCUT2D eigenvalue weighted by atomic mass is 16.6. The second kappa shape index (κ2) is 6.75. The van der Waals surface area contributed by atoms with Gasteiger partial charge in [-0.25, -0.2) is 4.79 Å². The first-order valence-electron chi connectivity index (χ1n) is 8.38. The highest BCUT2D eigenvalue weighted by Gasteiger charge is 2.22. The number of phenolic OH excluding ortho intramolecular Hbond substituents is 1. The van der Waals surface area contributed by atoms with E-state index in [1.807, 2.05) is 0 Å². The number of aromatic nitrogens is 2. The van der Waals surface area contributed by atoms with Gasteiger partial charge in [-0.05, 0) is 45.0 Å². The summed E-state index contributed by atoms with van der Waals surface area (Å²) < 4.78 is 6.73. The molecule has 0 spiro atoms. The molecule has 0 saturated carbocycles. The summed E-state index contributed by atoms with van der Waals surface area (Å²) in [4.78, 5) is 28.3. The van der Waals surface area contributed by atoms with Crippen LogP contribution >= 0.6 is 0 Å². The molecule has 2 N–H and O–H groups in total. The Hall–Kier alpha value is -3.35. The fourth-order valence-corrected chi connectivity index (χ4v) is 2.92. The number of carbonyl (C=O) groups is 2. The lowest BCUT2D eigenvalue weighted by atomic mass is 10.1. The van der Waals surface area contributed by atoms with Crippen LogP contribution in [0.5, 0.6) is 5.75 Å². The second-order valence-electron chi connectivity index (χ2n) is 7.15. The SMILES string of the molecule is CC(C)(C)OC(=O)Cn1c(C(=O)O)cc2c(-c3cccc(O)c3)nccc21. The van der Waals surface area contributed by atoms with Crippen LogP contribution in [0, 0.1) is 0 Å². The van der Waals surface area contributed by atoms with Crippen LogP contribution in [0.1, 0.15) is 31.3 Å². The van der Waals surface area contributed by atoms with E-state index in [9.17, 15) is 19.8 Å². The Bertz CT molecular complexity index is 1030. The monoisotopic (exact) mass is 368 g/mol. The third kappa shape index (κ3) is 3.92. The Balaban J connectivity index is 2.14. The predicted octanol–water partition coefficient (Wildman–Crippen LogP) is 3.45. The standard InChI is InChI=1S/C20H20N2O5/c1-20(2,3)27-17(24)11-22-15-7-8-21-18(12-5-4-6-13(23)9-12)14(15)10-16(22)19(25)26/h4-10,23H,11H2,1-3H3,(H,25,26). The molecule has 0 amide bonds. The molecule has 0 aliphatic rings. The molecule has 0 fully saturated rings. The number of benzene rings is 1. The van der Waals surface area contributed by atoms with Crippen molar-refractivity contribution in [2.75, 3.05) is 0 Å². The van der Waals surface area contributed by atoms with E-state index < -0.39 is 17.5 Å². The topological polar surface area (TPSA) is 102 Å². The van der Waals surface area contributed by atoms with Crippen LogP contribution in [0.4, 0.5) is 0 Å². The molecule has 7 heteroatoms. The van der Waals surface area contributed by atoms with Gasteiger partial charge >= 0.3 is 11.9 Å². The van der Waals surface area contributed by atoms with Gasteiger partial charge in [-0.2, -0.15) is 0 Å². The van der Waals surface area contributed by atoms with Gasteiger partial charge < -0.3 is 19.5 Å². The van der Waals surface area contributed by atoms with Gasteiger partial charge in [0.2, 0.25) is 0 Å². The van der Waals surface area contributed by atoms with E-state index in [0.717, 1.165) is 0 Å². The third-order valence-corrected chi connectivity index (χ3v) is 3.88. The number of fused-ring (bicyclic) bond motifs is 1. The molecule has 0 atom stereocenters. The van der Waals surface area contributed by atoms with E-state index in [4.69, 9.17) is 4.74 Å². The first-order valence-corrected chi connectivity index (χ1v) is 8.38.